The second-order valence-corrected chi connectivity index (χ2v) is 6.77. The van der Waals surface area contributed by atoms with E-state index in [0.717, 1.165) is 20.9 Å². The molecule has 0 radical (unpaired) electrons. The molecule has 1 aliphatic heterocycles. The Kier molecular flexibility index (Phi) is 4.76. The largest absolute Gasteiger partial charge is 0.335 e. The summed E-state index contributed by atoms with van der Waals surface area (Å²) in [6.45, 7) is 4.13. The molecule has 1 aliphatic rings. The Labute approximate surface area is 149 Å². The third-order valence-corrected chi connectivity index (χ3v) is 4.96. The van der Waals surface area contributed by atoms with Crippen molar-refractivity contribution in [2.75, 3.05) is 4.90 Å². The van der Waals surface area contributed by atoms with E-state index in [1.165, 1.54) is 6.21 Å². The molecule has 0 spiro atoms. The molecule has 1 saturated heterocycles. The zero-order valence-electron chi connectivity index (χ0n) is 13.9. The van der Waals surface area contributed by atoms with E-state index in [4.69, 9.17) is 0 Å². The van der Waals surface area contributed by atoms with E-state index in [0.29, 0.717) is 12.2 Å². The first-order valence-electron chi connectivity index (χ1n) is 7.76. The lowest BCUT2D eigenvalue weighted by Gasteiger charge is -2.29. The van der Waals surface area contributed by atoms with Crippen molar-refractivity contribution in [3.8, 4) is 0 Å². The van der Waals surface area contributed by atoms with Crippen molar-refractivity contribution in [3.63, 3.8) is 0 Å². The molecule has 1 fully saturated rings. The van der Waals surface area contributed by atoms with Gasteiger partial charge in [-0.25, -0.2) is 9.69 Å². The third-order valence-electron chi connectivity index (χ3n) is 4.10. The topological polar surface area (TPSA) is 78.8 Å². The van der Waals surface area contributed by atoms with Gasteiger partial charge < -0.3 is 0 Å². The minimum atomic E-state index is -1.11. The molecule has 1 atom stereocenters. The monoisotopic (exact) mass is 355 g/mol. The number of hydrogen-bond donors (Lipinski definition) is 1. The Morgan fingerprint density at radius 2 is 2.00 bits per heavy atom. The molecule has 25 heavy (non-hydrogen) atoms. The number of nitrogens with zero attached hydrogens (tertiary/aromatic N) is 2. The van der Waals surface area contributed by atoms with Crippen LogP contribution in [0.15, 0.2) is 40.7 Å². The van der Waals surface area contributed by atoms with Crippen molar-refractivity contribution in [1.82, 2.24) is 5.32 Å². The van der Waals surface area contributed by atoms with E-state index in [9.17, 15) is 14.4 Å². The number of carbonyl (C=O) groups is 3. The second kappa shape index (κ2) is 6.98. The van der Waals surface area contributed by atoms with E-state index in [1.807, 2.05) is 37.4 Å². The molecule has 1 N–H and O–H groups in total. The maximum absolute atomic E-state index is 12.8. The summed E-state index contributed by atoms with van der Waals surface area (Å²) in [6, 6.07) is 8.47. The van der Waals surface area contributed by atoms with Crippen LogP contribution in [0.1, 0.15) is 16.0 Å². The smallest absolute Gasteiger partial charge is 0.291 e. The van der Waals surface area contributed by atoms with Crippen molar-refractivity contribution in [1.29, 1.82) is 0 Å². The number of carbonyl (C=O) groups excluding carboxylic acids is 3. The van der Waals surface area contributed by atoms with E-state index in [2.05, 4.69) is 10.3 Å². The van der Waals surface area contributed by atoms with E-state index in [1.54, 1.807) is 23.5 Å². The molecule has 3 rings (SSSR count). The van der Waals surface area contributed by atoms with Crippen molar-refractivity contribution in [2.24, 2.45) is 10.9 Å². The number of urea groups is 1. The van der Waals surface area contributed by atoms with Crippen molar-refractivity contribution in [3.05, 3.63) is 51.7 Å². The number of thiophene rings is 1. The van der Waals surface area contributed by atoms with Gasteiger partial charge in [0.25, 0.3) is 5.91 Å². The lowest BCUT2D eigenvalue weighted by Crippen LogP contribution is -2.58. The van der Waals surface area contributed by atoms with Crippen LogP contribution in [0, 0.1) is 19.8 Å². The van der Waals surface area contributed by atoms with Gasteiger partial charge in [0.2, 0.25) is 5.91 Å². The Balaban J connectivity index is 1.86. The number of aryl methyl sites for hydroxylation is 1. The molecule has 6 nitrogen and oxygen atoms in total. The van der Waals surface area contributed by atoms with Crippen LogP contribution in [-0.2, 0) is 16.1 Å². The van der Waals surface area contributed by atoms with Gasteiger partial charge in [-0.1, -0.05) is 18.2 Å². The maximum Gasteiger partial charge on any atom is 0.335 e. The minimum Gasteiger partial charge on any atom is -0.291 e. The molecule has 2 heterocycles. The average Bonchev–Trinajstić information content (AvgIpc) is 3.07. The quantitative estimate of drug-likeness (QED) is 0.676. The maximum atomic E-state index is 12.8. The fourth-order valence-corrected chi connectivity index (χ4v) is 3.22. The highest BCUT2D eigenvalue weighted by atomic mass is 32.1. The molecule has 1 unspecified atom stereocenters. The summed E-state index contributed by atoms with van der Waals surface area (Å²) < 4.78 is 0. The zero-order chi connectivity index (χ0) is 18.0. The van der Waals surface area contributed by atoms with Gasteiger partial charge in [0.05, 0.1) is 12.2 Å². The summed E-state index contributed by atoms with van der Waals surface area (Å²) in [4.78, 5) is 43.3. The average molecular weight is 355 g/mol. The summed E-state index contributed by atoms with van der Waals surface area (Å²) >= 11 is 1.55. The number of barbiturate groups is 1. The van der Waals surface area contributed by atoms with Gasteiger partial charge in [-0.15, -0.1) is 11.3 Å². The van der Waals surface area contributed by atoms with Crippen LogP contribution in [0.2, 0.25) is 0 Å². The summed E-state index contributed by atoms with van der Waals surface area (Å²) in [5.74, 6) is -2.35. The number of amides is 4. The Bertz CT molecular complexity index is 858. The number of rotatable bonds is 4. The Morgan fingerprint density at radius 1 is 1.20 bits per heavy atom. The van der Waals surface area contributed by atoms with Crippen molar-refractivity contribution < 1.29 is 14.4 Å². The van der Waals surface area contributed by atoms with E-state index >= 15 is 0 Å². The van der Waals surface area contributed by atoms with Crippen LogP contribution in [-0.4, -0.2) is 24.1 Å². The SMILES string of the molecule is Cc1cccc(N2C(=O)NC(=O)C(C=NCc3cccs3)C2=O)c1C. The van der Waals surface area contributed by atoms with Crippen molar-refractivity contribution in [2.45, 2.75) is 20.4 Å². The van der Waals surface area contributed by atoms with Gasteiger partial charge in [-0.3, -0.25) is 19.9 Å². The van der Waals surface area contributed by atoms with E-state index in [-0.39, 0.29) is 0 Å². The van der Waals surface area contributed by atoms with E-state index < -0.39 is 23.8 Å². The molecular weight excluding hydrogens is 338 g/mol. The van der Waals surface area contributed by atoms with Crippen LogP contribution < -0.4 is 10.2 Å². The molecule has 128 valence electrons. The normalized spacial score (nSPS) is 18.1. The molecule has 0 saturated carbocycles. The van der Waals surface area contributed by atoms with Gasteiger partial charge in [-0.2, -0.15) is 0 Å². The lowest BCUT2D eigenvalue weighted by molar-refractivity contribution is -0.131. The first kappa shape index (κ1) is 17.0. The molecule has 7 heteroatoms. The van der Waals surface area contributed by atoms with Crippen LogP contribution in [0.4, 0.5) is 10.5 Å². The van der Waals surface area contributed by atoms with Gasteiger partial charge in [0.15, 0.2) is 5.92 Å². The summed E-state index contributed by atoms with van der Waals surface area (Å²) in [5, 5.41) is 4.17. The highest BCUT2D eigenvalue weighted by Crippen LogP contribution is 2.26. The highest BCUT2D eigenvalue weighted by Gasteiger charge is 2.40. The molecule has 0 aliphatic carbocycles. The first-order valence-corrected chi connectivity index (χ1v) is 8.64. The highest BCUT2D eigenvalue weighted by molar-refractivity contribution is 7.09. The predicted molar refractivity (Wildman–Crippen MR) is 96.9 cm³/mol. The molecule has 0 bridgehead atoms. The summed E-state index contributed by atoms with van der Waals surface area (Å²) in [7, 11) is 0. The number of benzene rings is 1. The van der Waals surface area contributed by atoms with Crippen LogP contribution >= 0.6 is 11.3 Å². The zero-order valence-corrected chi connectivity index (χ0v) is 14.7. The number of nitrogens with one attached hydrogen (secondary N) is 1. The number of aliphatic imine (C=N–C) groups is 1. The van der Waals surface area contributed by atoms with Gasteiger partial charge in [-0.05, 0) is 42.5 Å². The first-order chi connectivity index (χ1) is 12.0. The molecular formula is C18H17N3O3S. The Hall–Kier alpha value is -2.80. The van der Waals surface area contributed by atoms with Crippen LogP contribution in [0.3, 0.4) is 0 Å². The fraction of sp³-hybridized carbons (Fsp3) is 0.222. The van der Waals surface area contributed by atoms with Crippen LogP contribution in [0.5, 0.6) is 0 Å². The summed E-state index contributed by atoms with van der Waals surface area (Å²) in [6.07, 6.45) is 1.32. The Morgan fingerprint density at radius 3 is 2.72 bits per heavy atom. The summed E-state index contributed by atoms with van der Waals surface area (Å²) in [5.41, 5.74) is 2.25. The fourth-order valence-electron chi connectivity index (χ4n) is 2.58. The predicted octanol–water partition coefficient (Wildman–Crippen LogP) is 2.83. The van der Waals surface area contributed by atoms with Gasteiger partial charge in [0.1, 0.15) is 0 Å². The van der Waals surface area contributed by atoms with Crippen molar-refractivity contribution >= 4 is 41.1 Å². The molecule has 4 amide bonds. The number of imide groups is 2. The molecule has 2 aromatic rings. The standard InChI is InChI=1S/C18H17N3O3S/c1-11-5-3-7-15(12(11)2)21-17(23)14(16(22)20-18(21)24)10-19-9-13-6-4-8-25-13/h3-8,10,14H,9H2,1-2H3,(H,20,22,24). The molecule has 1 aromatic carbocycles. The number of anilines is 1. The third kappa shape index (κ3) is 3.36. The van der Waals surface area contributed by atoms with Gasteiger partial charge in [0, 0.05) is 11.1 Å². The second-order valence-electron chi connectivity index (χ2n) is 5.73. The molecule has 1 aromatic heterocycles. The van der Waals surface area contributed by atoms with Crippen LogP contribution in [0.25, 0.3) is 0 Å². The minimum absolute atomic E-state index is 0.395. The lowest BCUT2D eigenvalue weighted by atomic mass is 10.0. The van der Waals surface area contributed by atoms with Gasteiger partial charge >= 0.3 is 6.03 Å². The number of hydrogen-bond acceptors (Lipinski definition) is 5.